The molecule has 0 spiro atoms. The maximum absolute atomic E-state index is 12.3. The third-order valence-electron chi connectivity index (χ3n) is 4.24. The Hall–Kier alpha value is -3.82. The van der Waals surface area contributed by atoms with Gasteiger partial charge in [-0.25, -0.2) is 4.79 Å². The Labute approximate surface area is 165 Å². The molecule has 0 saturated heterocycles. The van der Waals surface area contributed by atoms with E-state index in [4.69, 9.17) is 19.9 Å². The first-order valence-corrected chi connectivity index (χ1v) is 8.68. The molecule has 0 atom stereocenters. The van der Waals surface area contributed by atoms with E-state index in [1.54, 1.807) is 19.2 Å². The molecule has 0 saturated carbocycles. The normalized spacial score (nSPS) is 12.2. The Kier molecular flexibility index (Phi) is 5.82. The van der Waals surface area contributed by atoms with E-state index in [9.17, 15) is 19.7 Å². The minimum atomic E-state index is -0.835. The van der Waals surface area contributed by atoms with E-state index in [2.05, 4.69) is 0 Å². The number of nitrogens with zero attached hydrogens (tertiary/aromatic N) is 2. The molecule has 10 nitrogen and oxygen atoms in total. The fourth-order valence-electron chi connectivity index (χ4n) is 2.71. The summed E-state index contributed by atoms with van der Waals surface area (Å²) in [5.74, 6) is 0.0190. The molecule has 0 bridgehead atoms. The first kappa shape index (κ1) is 19.9. The largest absolute Gasteiger partial charge is 0.486 e. The van der Waals surface area contributed by atoms with E-state index in [-0.39, 0.29) is 23.5 Å². The minimum absolute atomic E-state index is 0.0436. The molecule has 0 radical (unpaired) electrons. The maximum atomic E-state index is 12.3. The molecule has 10 heteroatoms. The molecule has 152 valence electrons. The van der Waals surface area contributed by atoms with Crippen LogP contribution in [0, 0.1) is 10.1 Å². The summed E-state index contributed by atoms with van der Waals surface area (Å²) in [7, 11) is 1.58. The molecular formula is C19H19N3O7. The summed E-state index contributed by atoms with van der Waals surface area (Å²) in [5, 5.41) is 10.7. The highest BCUT2D eigenvalue weighted by molar-refractivity contribution is 5.96. The molecule has 1 aliphatic rings. The van der Waals surface area contributed by atoms with Crippen LogP contribution >= 0.6 is 0 Å². The summed E-state index contributed by atoms with van der Waals surface area (Å²) < 4.78 is 16.0. The van der Waals surface area contributed by atoms with Crippen LogP contribution in [-0.2, 0) is 16.1 Å². The van der Waals surface area contributed by atoms with Gasteiger partial charge in [0.05, 0.1) is 16.2 Å². The van der Waals surface area contributed by atoms with Crippen molar-refractivity contribution in [2.24, 2.45) is 0 Å². The van der Waals surface area contributed by atoms with Crippen LogP contribution in [0.1, 0.15) is 15.9 Å². The predicted molar refractivity (Wildman–Crippen MR) is 102 cm³/mol. The van der Waals surface area contributed by atoms with Gasteiger partial charge in [0.2, 0.25) is 0 Å². The zero-order valence-corrected chi connectivity index (χ0v) is 15.6. The van der Waals surface area contributed by atoms with Gasteiger partial charge in [-0.1, -0.05) is 6.07 Å². The number of nitrogen functional groups attached to an aromatic ring is 1. The van der Waals surface area contributed by atoms with Gasteiger partial charge in [-0.05, 0) is 23.8 Å². The number of nitro benzene ring substituents is 1. The molecule has 3 rings (SSSR count). The van der Waals surface area contributed by atoms with Crippen LogP contribution in [0.3, 0.4) is 0 Å². The average Bonchev–Trinajstić information content (AvgIpc) is 2.71. The molecule has 2 N–H and O–H groups in total. The van der Waals surface area contributed by atoms with E-state index in [0.717, 1.165) is 17.7 Å². The van der Waals surface area contributed by atoms with Crippen LogP contribution < -0.4 is 15.2 Å². The monoisotopic (exact) mass is 401 g/mol. The fraction of sp³-hybridized carbons (Fsp3) is 0.263. The van der Waals surface area contributed by atoms with Gasteiger partial charge in [-0.3, -0.25) is 14.9 Å². The Balaban J connectivity index is 1.56. The second-order valence-corrected chi connectivity index (χ2v) is 6.33. The third kappa shape index (κ3) is 4.72. The number of fused-ring (bicyclic) bond motifs is 1. The number of rotatable bonds is 6. The molecule has 2 aromatic rings. The van der Waals surface area contributed by atoms with Crippen molar-refractivity contribution < 1.29 is 28.7 Å². The zero-order valence-electron chi connectivity index (χ0n) is 15.6. The van der Waals surface area contributed by atoms with Gasteiger partial charge in [0, 0.05) is 25.7 Å². The summed E-state index contributed by atoms with van der Waals surface area (Å²) >= 11 is 0. The highest BCUT2D eigenvalue weighted by atomic mass is 16.6. The lowest BCUT2D eigenvalue weighted by molar-refractivity contribution is -0.384. The molecule has 0 aromatic heterocycles. The highest BCUT2D eigenvalue weighted by Gasteiger charge is 2.19. The van der Waals surface area contributed by atoms with Crippen LogP contribution in [0.2, 0.25) is 0 Å². The van der Waals surface area contributed by atoms with Gasteiger partial charge < -0.3 is 24.8 Å². The molecule has 0 unspecified atom stereocenters. The number of hydrogen-bond donors (Lipinski definition) is 1. The number of non-ortho nitro benzene ring substituents is 1. The lowest BCUT2D eigenvalue weighted by Gasteiger charge is -2.21. The van der Waals surface area contributed by atoms with Crippen LogP contribution in [0.15, 0.2) is 36.4 Å². The van der Waals surface area contributed by atoms with Crippen molar-refractivity contribution in [1.82, 2.24) is 4.90 Å². The topological polar surface area (TPSA) is 134 Å². The summed E-state index contributed by atoms with van der Waals surface area (Å²) in [5.41, 5.74) is 6.11. The van der Waals surface area contributed by atoms with Crippen LogP contribution in [0.5, 0.6) is 11.5 Å². The Bertz CT molecular complexity index is 961. The maximum Gasteiger partial charge on any atom is 0.340 e. The second-order valence-electron chi connectivity index (χ2n) is 6.33. The predicted octanol–water partition coefficient (Wildman–Crippen LogP) is 1.76. The Morgan fingerprint density at radius 3 is 2.59 bits per heavy atom. The molecule has 1 heterocycles. The number of likely N-dealkylation sites (N-methyl/N-ethyl adjacent to an activating group) is 1. The van der Waals surface area contributed by atoms with Crippen molar-refractivity contribution in [2.45, 2.75) is 6.54 Å². The molecular weight excluding hydrogens is 382 g/mol. The Morgan fingerprint density at radius 1 is 1.17 bits per heavy atom. The molecule has 2 aromatic carbocycles. The standard InChI is InChI=1S/C19H19N3O7/c1-21(10-12-2-5-16-17(8-12)28-7-6-27-16)18(23)11-29-19(24)14-4-3-13(22(25)26)9-15(14)20/h2-5,8-9H,6-7,10-11,20H2,1H3. The second kappa shape index (κ2) is 8.46. The number of carbonyl (C=O) groups is 2. The average molecular weight is 401 g/mol. The number of hydrogen-bond acceptors (Lipinski definition) is 8. The molecule has 29 heavy (non-hydrogen) atoms. The van der Waals surface area contributed by atoms with Crippen molar-refractivity contribution in [3.63, 3.8) is 0 Å². The summed E-state index contributed by atoms with van der Waals surface area (Å²) in [4.78, 5) is 35.9. The summed E-state index contributed by atoms with van der Waals surface area (Å²) in [6, 6.07) is 8.79. The van der Waals surface area contributed by atoms with Gasteiger partial charge in [-0.15, -0.1) is 0 Å². The van der Waals surface area contributed by atoms with Crippen molar-refractivity contribution in [3.8, 4) is 11.5 Å². The highest BCUT2D eigenvalue weighted by Crippen LogP contribution is 2.31. The number of benzene rings is 2. The number of amides is 1. The summed E-state index contributed by atoms with van der Waals surface area (Å²) in [6.45, 7) is 0.755. The number of ether oxygens (including phenoxy) is 3. The fourth-order valence-corrected chi connectivity index (χ4v) is 2.71. The lowest BCUT2D eigenvalue weighted by atomic mass is 10.1. The number of anilines is 1. The minimum Gasteiger partial charge on any atom is -0.486 e. The molecule has 0 fully saturated rings. The van der Waals surface area contributed by atoms with Crippen LogP contribution in [0.25, 0.3) is 0 Å². The van der Waals surface area contributed by atoms with Crippen molar-refractivity contribution >= 4 is 23.3 Å². The summed E-state index contributed by atoms with van der Waals surface area (Å²) in [6.07, 6.45) is 0. The van der Waals surface area contributed by atoms with Crippen molar-refractivity contribution in [2.75, 3.05) is 32.6 Å². The first-order chi connectivity index (χ1) is 13.8. The molecule has 1 amide bonds. The number of nitrogens with two attached hydrogens (primary N) is 1. The van der Waals surface area contributed by atoms with E-state index in [1.165, 1.54) is 11.0 Å². The molecule has 0 aliphatic carbocycles. The Morgan fingerprint density at radius 2 is 1.90 bits per heavy atom. The van der Waals surface area contributed by atoms with Gasteiger partial charge >= 0.3 is 5.97 Å². The first-order valence-electron chi connectivity index (χ1n) is 8.68. The van der Waals surface area contributed by atoms with E-state index in [0.29, 0.717) is 24.7 Å². The van der Waals surface area contributed by atoms with Gasteiger partial charge in [0.15, 0.2) is 18.1 Å². The number of esters is 1. The quantitative estimate of drug-likeness (QED) is 0.335. The smallest absolute Gasteiger partial charge is 0.340 e. The van der Waals surface area contributed by atoms with E-state index >= 15 is 0 Å². The third-order valence-corrected chi connectivity index (χ3v) is 4.24. The van der Waals surface area contributed by atoms with Gasteiger partial charge in [0.1, 0.15) is 13.2 Å². The van der Waals surface area contributed by atoms with Crippen molar-refractivity contribution in [3.05, 3.63) is 57.6 Å². The SMILES string of the molecule is CN(Cc1ccc2c(c1)OCCO2)C(=O)COC(=O)c1ccc([N+](=O)[O-])cc1N. The number of nitro groups is 1. The number of carbonyl (C=O) groups excluding carboxylic acids is 2. The van der Waals surface area contributed by atoms with Gasteiger partial charge in [-0.2, -0.15) is 0 Å². The molecule has 1 aliphatic heterocycles. The van der Waals surface area contributed by atoms with E-state index in [1.807, 2.05) is 6.07 Å². The van der Waals surface area contributed by atoms with Crippen molar-refractivity contribution in [1.29, 1.82) is 0 Å². The van der Waals surface area contributed by atoms with Gasteiger partial charge in [0.25, 0.3) is 11.6 Å². The van der Waals surface area contributed by atoms with E-state index < -0.39 is 23.4 Å². The lowest BCUT2D eigenvalue weighted by Crippen LogP contribution is -2.31. The van der Waals surface area contributed by atoms with Crippen LogP contribution in [-0.4, -0.2) is 48.6 Å². The zero-order chi connectivity index (χ0) is 21.0. The van der Waals surface area contributed by atoms with Crippen LogP contribution in [0.4, 0.5) is 11.4 Å².